The largest absolute Gasteiger partial charge is 0.426 e. The molecule has 2 aromatic heterocycles. The van der Waals surface area contributed by atoms with Gasteiger partial charge in [-0.1, -0.05) is 12.2 Å². The molecular formula is C20H21F4N7O. The molecule has 32 heavy (non-hydrogen) atoms. The van der Waals surface area contributed by atoms with Crippen LogP contribution in [0.5, 0.6) is 0 Å². The van der Waals surface area contributed by atoms with E-state index >= 15 is 0 Å². The monoisotopic (exact) mass is 451 g/mol. The number of carbonyl (C=O) groups excluding carboxylic acids is 1. The zero-order valence-electron chi connectivity index (χ0n) is 16.9. The minimum Gasteiger partial charge on any atom is -0.336 e. The Kier molecular flexibility index (Phi) is 5.96. The van der Waals surface area contributed by atoms with Gasteiger partial charge in [0.2, 0.25) is 11.6 Å². The Bertz CT molecular complexity index is 1010. The molecule has 0 bridgehead atoms. The summed E-state index contributed by atoms with van der Waals surface area (Å²) in [7, 11) is 0. The number of H-pyrrole nitrogens is 1. The van der Waals surface area contributed by atoms with Crippen LogP contribution in [0.15, 0.2) is 48.5 Å². The molecule has 1 fully saturated rings. The summed E-state index contributed by atoms with van der Waals surface area (Å²) >= 11 is 0. The van der Waals surface area contributed by atoms with E-state index in [0.29, 0.717) is 50.4 Å². The number of halogens is 4. The van der Waals surface area contributed by atoms with Crippen LogP contribution in [0.4, 0.5) is 29.2 Å². The third-order valence-corrected chi connectivity index (χ3v) is 5.34. The van der Waals surface area contributed by atoms with Crippen LogP contribution in [0.2, 0.25) is 0 Å². The third kappa shape index (κ3) is 4.79. The van der Waals surface area contributed by atoms with Gasteiger partial charge in [0, 0.05) is 57.0 Å². The summed E-state index contributed by atoms with van der Waals surface area (Å²) in [6, 6.07) is 1.75. The van der Waals surface area contributed by atoms with Crippen molar-refractivity contribution >= 4 is 17.5 Å². The number of anilines is 2. The molecule has 0 aromatic carbocycles. The van der Waals surface area contributed by atoms with Gasteiger partial charge < -0.3 is 10.2 Å². The number of rotatable bonds is 5. The summed E-state index contributed by atoms with van der Waals surface area (Å²) in [5.74, 6) is 0.668. The predicted octanol–water partition coefficient (Wildman–Crippen LogP) is 2.74. The van der Waals surface area contributed by atoms with Crippen LogP contribution in [0.3, 0.4) is 0 Å². The summed E-state index contributed by atoms with van der Waals surface area (Å²) in [5.41, 5.74) is -2.96. The Balaban J connectivity index is 1.31. The van der Waals surface area contributed by atoms with Crippen molar-refractivity contribution in [2.45, 2.75) is 24.8 Å². The second-order valence-corrected chi connectivity index (χ2v) is 7.65. The van der Waals surface area contributed by atoms with Gasteiger partial charge in [-0.25, -0.2) is 9.37 Å². The molecule has 2 aliphatic rings. The fourth-order valence-corrected chi connectivity index (χ4v) is 3.60. The van der Waals surface area contributed by atoms with Crippen molar-refractivity contribution in [1.29, 1.82) is 0 Å². The van der Waals surface area contributed by atoms with Gasteiger partial charge in [0.15, 0.2) is 0 Å². The van der Waals surface area contributed by atoms with Crippen LogP contribution in [0.1, 0.15) is 12.1 Å². The number of carbonyl (C=O) groups is 1. The van der Waals surface area contributed by atoms with E-state index in [2.05, 4.69) is 30.4 Å². The van der Waals surface area contributed by atoms with Gasteiger partial charge in [-0.15, -0.1) is 0 Å². The Morgan fingerprint density at radius 3 is 2.69 bits per heavy atom. The van der Waals surface area contributed by atoms with Gasteiger partial charge in [-0.05, 0) is 6.08 Å². The maximum Gasteiger partial charge on any atom is 0.426 e. The standard InChI is InChI=1S/C20H21F4N7O/c21-19(20(22,23)24)4-1-2-14(10-19)18(32)31-8-6-30(7-9-31)13-15-11-25-12-17(27-15)28-16-3-5-26-29-16/h1-5,11-12H,6-10,13H2,(H2,26,27,28,29). The molecule has 8 nitrogen and oxygen atoms in total. The highest BCUT2D eigenvalue weighted by molar-refractivity contribution is 5.94. The topological polar surface area (TPSA) is 90.0 Å². The number of alkyl halides is 4. The first-order valence-corrected chi connectivity index (χ1v) is 9.96. The second-order valence-electron chi connectivity index (χ2n) is 7.65. The van der Waals surface area contributed by atoms with E-state index in [1.165, 1.54) is 11.0 Å². The summed E-state index contributed by atoms with van der Waals surface area (Å²) in [6.45, 7) is 2.17. The molecule has 4 rings (SSSR count). The molecule has 1 aliphatic heterocycles. The molecule has 3 heterocycles. The second kappa shape index (κ2) is 8.69. The number of hydrogen-bond acceptors (Lipinski definition) is 6. The van der Waals surface area contributed by atoms with E-state index in [4.69, 9.17) is 0 Å². The van der Waals surface area contributed by atoms with Crippen LogP contribution in [-0.4, -0.2) is 73.9 Å². The molecule has 1 atom stereocenters. The number of piperazine rings is 1. The number of allylic oxidation sites excluding steroid dienone is 3. The van der Waals surface area contributed by atoms with Crippen molar-refractivity contribution in [3.63, 3.8) is 0 Å². The Morgan fingerprint density at radius 2 is 2.00 bits per heavy atom. The highest BCUT2D eigenvalue weighted by Crippen LogP contribution is 2.42. The van der Waals surface area contributed by atoms with Gasteiger partial charge in [0.25, 0.3) is 0 Å². The lowest BCUT2D eigenvalue weighted by Crippen LogP contribution is -2.50. The number of hydrogen-bond donors (Lipinski definition) is 2. The van der Waals surface area contributed by atoms with Crippen molar-refractivity contribution in [2.24, 2.45) is 0 Å². The minimum atomic E-state index is -5.07. The van der Waals surface area contributed by atoms with Gasteiger partial charge in [0.1, 0.15) is 11.6 Å². The molecule has 1 unspecified atom stereocenters. The van der Waals surface area contributed by atoms with Crippen molar-refractivity contribution < 1.29 is 22.4 Å². The molecule has 1 amide bonds. The molecule has 0 saturated carbocycles. The average molecular weight is 451 g/mol. The molecule has 2 aromatic rings. The maximum atomic E-state index is 14.3. The number of nitrogens with one attached hydrogen (secondary N) is 2. The number of nitrogens with zero attached hydrogens (tertiary/aromatic N) is 5. The lowest BCUT2D eigenvalue weighted by atomic mass is 9.90. The SMILES string of the molecule is O=C(C1=CC=CC(F)(C(F)(F)F)C1)N1CCN(Cc2cncc(Nc3ccn[nH]3)n2)CC1. The van der Waals surface area contributed by atoms with Crippen LogP contribution in [-0.2, 0) is 11.3 Å². The normalized spacial score (nSPS) is 22.0. The molecule has 1 saturated heterocycles. The molecule has 2 N–H and O–H groups in total. The van der Waals surface area contributed by atoms with Crippen molar-refractivity contribution in [3.8, 4) is 0 Å². The van der Waals surface area contributed by atoms with E-state index < -0.39 is 24.2 Å². The Hall–Kier alpha value is -3.28. The summed E-state index contributed by atoms with van der Waals surface area (Å²) < 4.78 is 53.2. The predicted molar refractivity (Wildman–Crippen MR) is 107 cm³/mol. The smallest absolute Gasteiger partial charge is 0.336 e. The maximum absolute atomic E-state index is 14.3. The molecule has 0 spiro atoms. The third-order valence-electron chi connectivity index (χ3n) is 5.34. The summed E-state index contributed by atoms with van der Waals surface area (Å²) in [5, 5.41) is 9.67. The van der Waals surface area contributed by atoms with E-state index in [1.807, 2.05) is 0 Å². The fourth-order valence-electron chi connectivity index (χ4n) is 3.60. The molecule has 0 radical (unpaired) electrons. The zero-order chi connectivity index (χ0) is 22.8. The quantitative estimate of drug-likeness (QED) is 0.680. The molecule has 12 heteroatoms. The van der Waals surface area contributed by atoms with Gasteiger partial charge >= 0.3 is 6.18 Å². The number of aromatic nitrogens is 4. The van der Waals surface area contributed by atoms with Crippen molar-refractivity contribution in [2.75, 3.05) is 31.5 Å². The average Bonchev–Trinajstić information content (AvgIpc) is 3.26. The fraction of sp³-hybridized carbons (Fsp3) is 0.400. The zero-order valence-corrected chi connectivity index (χ0v) is 16.9. The van der Waals surface area contributed by atoms with Gasteiger partial charge in [0.05, 0.1) is 18.1 Å². The number of aromatic amines is 1. The van der Waals surface area contributed by atoms with Crippen molar-refractivity contribution in [3.05, 3.63) is 54.2 Å². The first kappa shape index (κ1) is 21.9. The highest BCUT2D eigenvalue weighted by Gasteiger charge is 2.55. The summed E-state index contributed by atoms with van der Waals surface area (Å²) in [6.07, 6.45) is 1.44. The van der Waals surface area contributed by atoms with Crippen LogP contribution in [0, 0.1) is 0 Å². The van der Waals surface area contributed by atoms with Crippen LogP contribution >= 0.6 is 0 Å². The van der Waals surface area contributed by atoms with Crippen LogP contribution < -0.4 is 5.32 Å². The molecular weight excluding hydrogens is 430 g/mol. The Morgan fingerprint density at radius 1 is 1.22 bits per heavy atom. The van der Waals surface area contributed by atoms with E-state index in [9.17, 15) is 22.4 Å². The van der Waals surface area contributed by atoms with E-state index in [1.54, 1.807) is 24.7 Å². The number of amides is 1. The highest BCUT2D eigenvalue weighted by atomic mass is 19.4. The van der Waals surface area contributed by atoms with E-state index in [-0.39, 0.29) is 5.57 Å². The summed E-state index contributed by atoms with van der Waals surface area (Å²) in [4.78, 5) is 24.9. The van der Waals surface area contributed by atoms with Gasteiger partial charge in [-0.3, -0.25) is 19.8 Å². The molecule has 1 aliphatic carbocycles. The van der Waals surface area contributed by atoms with Crippen LogP contribution in [0.25, 0.3) is 0 Å². The Labute approximate surface area is 181 Å². The van der Waals surface area contributed by atoms with Crippen molar-refractivity contribution in [1.82, 2.24) is 30.0 Å². The lowest BCUT2D eigenvalue weighted by Gasteiger charge is -2.36. The lowest BCUT2D eigenvalue weighted by molar-refractivity contribution is -0.211. The van der Waals surface area contributed by atoms with E-state index in [0.717, 1.165) is 11.8 Å². The van der Waals surface area contributed by atoms with Gasteiger partial charge in [-0.2, -0.15) is 18.3 Å². The minimum absolute atomic E-state index is 0.177. The first-order chi connectivity index (χ1) is 15.2. The first-order valence-electron chi connectivity index (χ1n) is 9.96. The molecule has 170 valence electrons.